The first-order valence-corrected chi connectivity index (χ1v) is 7.61. The SMILES string of the molecule is CNc1nc(N2CCC(NC(=O)OC)C2)c2ccsc2n1. The number of hydrogen-bond donors (Lipinski definition) is 2. The van der Waals surface area contributed by atoms with Gasteiger partial charge >= 0.3 is 6.09 Å². The maximum absolute atomic E-state index is 11.3. The van der Waals surface area contributed by atoms with Gasteiger partial charge in [0, 0.05) is 20.1 Å². The van der Waals surface area contributed by atoms with Crippen LogP contribution in [0.3, 0.4) is 0 Å². The van der Waals surface area contributed by atoms with E-state index in [9.17, 15) is 4.79 Å². The van der Waals surface area contributed by atoms with Gasteiger partial charge in [-0.2, -0.15) is 4.98 Å². The van der Waals surface area contributed by atoms with Crippen molar-refractivity contribution in [1.82, 2.24) is 15.3 Å². The molecular weight excluding hydrogens is 290 g/mol. The molecule has 3 rings (SSSR count). The lowest BCUT2D eigenvalue weighted by molar-refractivity contribution is 0.167. The summed E-state index contributed by atoms with van der Waals surface area (Å²) in [7, 11) is 3.19. The molecule has 21 heavy (non-hydrogen) atoms. The molecule has 2 aromatic heterocycles. The van der Waals surface area contributed by atoms with Crippen molar-refractivity contribution in [3.63, 3.8) is 0 Å². The van der Waals surface area contributed by atoms with Crippen LogP contribution in [0.1, 0.15) is 6.42 Å². The minimum atomic E-state index is -0.388. The van der Waals surface area contributed by atoms with Crippen molar-refractivity contribution in [2.45, 2.75) is 12.5 Å². The number of fused-ring (bicyclic) bond motifs is 1. The Morgan fingerprint density at radius 1 is 1.52 bits per heavy atom. The molecule has 0 saturated carbocycles. The first-order valence-electron chi connectivity index (χ1n) is 6.73. The fraction of sp³-hybridized carbons (Fsp3) is 0.462. The smallest absolute Gasteiger partial charge is 0.407 e. The molecule has 0 spiro atoms. The number of hydrogen-bond acceptors (Lipinski definition) is 7. The average Bonchev–Trinajstić information content (AvgIpc) is 3.14. The number of amides is 1. The zero-order chi connectivity index (χ0) is 14.8. The molecule has 1 unspecified atom stereocenters. The number of rotatable bonds is 3. The standard InChI is InChI=1S/C13H17N5O2S/c1-14-12-16-10(9-4-6-21-11(9)17-12)18-5-3-8(7-18)15-13(19)20-2/h4,6,8H,3,5,7H2,1-2H3,(H,15,19)(H,14,16,17). The molecule has 7 nitrogen and oxygen atoms in total. The van der Waals surface area contributed by atoms with Crippen LogP contribution in [0, 0.1) is 0 Å². The predicted octanol–water partition coefficient (Wildman–Crippen LogP) is 1.67. The van der Waals surface area contributed by atoms with Crippen LogP contribution in [0.4, 0.5) is 16.6 Å². The molecule has 1 atom stereocenters. The molecule has 1 fully saturated rings. The second-order valence-electron chi connectivity index (χ2n) is 4.83. The lowest BCUT2D eigenvalue weighted by Crippen LogP contribution is -2.37. The predicted molar refractivity (Wildman–Crippen MR) is 83.1 cm³/mol. The van der Waals surface area contributed by atoms with E-state index in [4.69, 9.17) is 0 Å². The van der Waals surface area contributed by atoms with Gasteiger partial charge in [0.2, 0.25) is 5.95 Å². The topological polar surface area (TPSA) is 79.4 Å². The summed E-state index contributed by atoms with van der Waals surface area (Å²) in [4.78, 5) is 23.5. The lowest BCUT2D eigenvalue weighted by atomic mass is 10.3. The highest BCUT2D eigenvalue weighted by atomic mass is 32.1. The summed E-state index contributed by atoms with van der Waals surface area (Å²) < 4.78 is 4.64. The first kappa shape index (κ1) is 13.9. The summed E-state index contributed by atoms with van der Waals surface area (Å²) >= 11 is 1.60. The zero-order valence-corrected chi connectivity index (χ0v) is 12.7. The van der Waals surface area contributed by atoms with Crippen molar-refractivity contribution in [3.8, 4) is 0 Å². The van der Waals surface area contributed by atoms with E-state index in [0.29, 0.717) is 5.95 Å². The Bertz CT molecular complexity index is 659. The molecule has 112 valence electrons. The van der Waals surface area contributed by atoms with Crippen LogP contribution in [-0.4, -0.2) is 49.4 Å². The molecule has 3 heterocycles. The molecule has 8 heteroatoms. The van der Waals surface area contributed by atoms with E-state index < -0.39 is 0 Å². The van der Waals surface area contributed by atoms with Gasteiger partial charge in [-0.1, -0.05) is 0 Å². The monoisotopic (exact) mass is 307 g/mol. The number of methoxy groups -OCH3 is 1. The molecule has 0 radical (unpaired) electrons. The van der Waals surface area contributed by atoms with Crippen LogP contribution in [0.15, 0.2) is 11.4 Å². The number of nitrogens with zero attached hydrogens (tertiary/aromatic N) is 3. The number of thiophene rings is 1. The molecular formula is C13H17N5O2S. The largest absolute Gasteiger partial charge is 0.453 e. The molecule has 2 aromatic rings. The van der Waals surface area contributed by atoms with E-state index in [0.717, 1.165) is 35.5 Å². The number of anilines is 2. The van der Waals surface area contributed by atoms with Crippen molar-refractivity contribution in [2.24, 2.45) is 0 Å². The van der Waals surface area contributed by atoms with Gasteiger partial charge in [0.05, 0.1) is 18.5 Å². The fourth-order valence-electron chi connectivity index (χ4n) is 2.49. The highest BCUT2D eigenvalue weighted by Crippen LogP contribution is 2.30. The maximum atomic E-state index is 11.3. The number of nitrogens with one attached hydrogen (secondary N) is 2. The van der Waals surface area contributed by atoms with Crippen molar-refractivity contribution in [3.05, 3.63) is 11.4 Å². The average molecular weight is 307 g/mol. The third kappa shape index (κ3) is 2.71. The van der Waals surface area contributed by atoms with Crippen LogP contribution in [0.25, 0.3) is 10.2 Å². The van der Waals surface area contributed by atoms with Gasteiger partial charge in [0.25, 0.3) is 0 Å². The Hall–Kier alpha value is -2.09. The number of carbonyl (C=O) groups excluding carboxylic acids is 1. The fourth-order valence-corrected chi connectivity index (χ4v) is 3.25. The summed E-state index contributed by atoms with van der Waals surface area (Å²) in [5, 5.41) is 8.90. The second kappa shape index (κ2) is 5.72. The lowest BCUT2D eigenvalue weighted by Gasteiger charge is -2.19. The normalized spacial score (nSPS) is 18.0. The van der Waals surface area contributed by atoms with E-state index in [1.165, 1.54) is 7.11 Å². The van der Waals surface area contributed by atoms with Crippen molar-refractivity contribution < 1.29 is 9.53 Å². The summed E-state index contributed by atoms with van der Waals surface area (Å²) in [5.41, 5.74) is 0. The first-order chi connectivity index (χ1) is 10.2. The van der Waals surface area contributed by atoms with Crippen LogP contribution in [0.5, 0.6) is 0 Å². The second-order valence-corrected chi connectivity index (χ2v) is 5.72. The Balaban J connectivity index is 1.84. The molecule has 1 saturated heterocycles. The summed E-state index contributed by atoms with van der Waals surface area (Å²) in [6.07, 6.45) is 0.487. The highest BCUT2D eigenvalue weighted by molar-refractivity contribution is 7.16. The Morgan fingerprint density at radius 2 is 2.38 bits per heavy atom. The Labute approximate surface area is 126 Å². The molecule has 1 amide bonds. The van der Waals surface area contributed by atoms with Gasteiger partial charge in [-0.15, -0.1) is 11.3 Å². The van der Waals surface area contributed by atoms with E-state index in [2.05, 4.69) is 30.2 Å². The highest BCUT2D eigenvalue weighted by Gasteiger charge is 2.27. The van der Waals surface area contributed by atoms with E-state index in [1.807, 2.05) is 18.5 Å². The minimum Gasteiger partial charge on any atom is -0.453 e. The number of ether oxygens (including phenoxy) is 1. The van der Waals surface area contributed by atoms with Crippen molar-refractivity contribution >= 4 is 39.4 Å². The van der Waals surface area contributed by atoms with E-state index in [1.54, 1.807) is 11.3 Å². The summed E-state index contributed by atoms with van der Waals surface area (Å²) in [5.74, 6) is 1.53. The van der Waals surface area contributed by atoms with E-state index >= 15 is 0 Å². The quantitative estimate of drug-likeness (QED) is 0.898. The molecule has 0 aromatic carbocycles. The Morgan fingerprint density at radius 3 is 3.14 bits per heavy atom. The van der Waals surface area contributed by atoms with Gasteiger partial charge < -0.3 is 20.3 Å². The molecule has 0 aliphatic carbocycles. The van der Waals surface area contributed by atoms with Crippen molar-refractivity contribution in [1.29, 1.82) is 0 Å². The van der Waals surface area contributed by atoms with Crippen LogP contribution >= 0.6 is 11.3 Å². The third-order valence-corrected chi connectivity index (χ3v) is 4.33. The van der Waals surface area contributed by atoms with E-state index in [-0.39, 0.29) is 12.1 Å². The summed E-state index contributed by atoms with van der Waals surface area (Å²) in [6, 6.07) is 2.12. The van der Waals surface area contributed by atoms with Crippen LogP contribution < -0.4 is 15.5 Å². The van der Waals surface area contributed by atoms with Gasteiger partial charge in [-0.25, -0.2) is 9.78 Å². The molecule has 1 aliphatic heterocycles. The van der Waals surface area contributed by atoms with Gasteiger partial charge in [0.15, 0.2) is 0 Å². The number of carbonyl (C=O) groups is 1. The minimum absolute atomic E-state index is 0.0825. The van der Waals surface area contributed by atoms with Gasteiger partial charge in [0.1, 0.15) is 10.6 Å². The Kier molecular flexibility index (Phi) is 3.78. The number of alkyl carbamates (subject to hydrolysis) is 1. The van der Waals surface area contributed by atoms with Crippen LogP contribution in [0.2, 0.25) is 0 Å². The van der Waals surface area contributed by atoms with Crippen LogP contribution in [-0.2, 0) is 4.74 Å². The zero-order valence-electron chi connectivity index (χ0n) is 11.9. The molecule has 0 bridgehead atoms. The van der Waals surface area contributed by atoms with Crippen molar-refractivity contribution in [2.75, 3.05) is 37.5 Å². The van der Waals surface area contributed by atoms with Gasteiger partial charge in [-0.3, -0.25) is 0 Å². The third-order valence-electron chi connectivity index (χ3n) is 3.52. The summed E-state index contributed by atoms with van der Waals surface area (Å²) in [6.45, 7) is 1.57. The molecule has 1 aliphatic rings. The number of aromatic nitrogens is 2. The maximum Gasteiger partial charge on any atom is 0.407 e. The van der Waals surface area contributed by atoms with Gasteiger partial charge in [-0.05, 0) is 17.9 Å². The molecule has 2 N–H and O–H groups in total.